The average molecular weight is 210 g/mol. The van der Waals surface area contributed by atoms with Crippen molar-refractivity contribution in [3.8, 4) is 0 Å². The van der Waals surface area contributed by atoms with Crippen molar-refractivity contribution in [1.82, 2.24) is 9.80 Å². The van der Waals surface area contributed by atoms with Crippen LogP contribution in [0.2, 0.25) is 0 Å². The third-order valence-corrected chi connectivity index (χ3v) is 2.64. The van der Waals surface area contributed by atoms with Crippen LogP contribution in [-0.4, -0.2) is 47.8 Å². The molecule has 0 aromatic rings. The standard InChI is InChI=1S/C11H18N2O2/c1-3-10(14)12-6-5-7-13(9-8-12)11(15)4-2/h3H,1,4-9H2,2H3. The van der Waals surface area contributed by atoms with Crippen LogP contribution < -0.4 is 0 Å². The van der Waals surface area contributed by atoms with Crippen molar-refractivity contribution in [1.29, 1.82) is 0 Å². The SMILES string of the molecule is C=CC(=O)N1CCCN(C(=O)CC)CC1. The Hall–Kier alpha value is -1.32. The molecule has 84 valence electrons. The smallest absolute Gasteiger partial charge is 0.246 e. The molecule has 4 heteroatoms. The molecule has 0 N–H and O–H groups in total. The lowest BCUT2D eigenvalue weighted by molar-refractivity contribution is -0.131. The summed E-state index contributed by atoms with van der Waals surface area (Å²) in [5.74, 6) is 0.128. The molecular weight excluding hydrogens is 192 g/mol. The third-order valence-electron chi connectivity index (χ3n) is 2.64. The van der Waals surface area contributed by atoms with E-state index in [1.807, 2.05) is 11.8 Å². The number of hydrogen-bond acceptors (Lipinski definition) is 2. The van der Waals surface area contributed by atoms with E-state index in [1.54, 1.807) is 4.90 Å². The first-order chi connectivity index (χ1) is 7.19. The van der Waals surface area contributed by atoms with Crippen LogP contribution in [0.5, 0.6) is 0 Å². The molecule has 2 amide bonds. The Morgan fingerprint density at radius 1 is 1.20 bits per heavy atom. The van der Waals surface area contributed by atoms with Gasteiger partial charge in [0.2, 0.25) is 11.8 Å². The van der Waals surface area contributed by atoms with E-state index in [9.17, 15) is 9.59 Å². The summed E-state index contributed by atoms with van der Waals surface area (Å²) in [6.07, 6.45) is 2.72. The van der Waals surface area contributed by atoms with Gasteiger partial charge in [0.1, 0.15) is 0 Å². The topological polar surface area (TPSA) is 40.6 Å². The van der Waals surface area contributed by atoms with E-state index in [2.05, 4.69) is 6.58 Å². The van der Waals surface area contributed by atoms with Gasteiger partial charge in [0, 0.05) is 32.6 Å². The van der Waals surface area contributed by atoms with Crippen LogP contribution in [-0.2, 0) is 9.59 Å². The number of carbonyl (C=O) groups excluding carboxylic acids is 2. The van der Waals surface area contributed by atoms with Gasteiger partial charge in [-0.05, 0) is 12.5 Å². The molecule has 1 saturated heterocycles. The quantitative estimate of drug-likeness (QED) is 0.628. The molecule has 1 fully saturated rings. The molecule has 0 aromatic carbocycles. The van der Waals surface area contributed by atoms with Crippen molar-refractivity contribution in [3.05, 3.63) is 12.7 Å². The second-order valence-corrected chi connectivity index (χ2v) is 3.62. The molecule has 0 saturated carbocycles. The minimum Gasteiger partial charge on any atom is -0.341 e. The van der Waals surface area contributed by atoms with Crippen molar-refractivity contribution in [2.75, 3.05) is 26.2 Å². The first kappa shape index (κ1) is 11.8. The molecule has 0 radical (unpaired) electrons. The number of nitrogens with zero attached hydrogens (tertiary/aromatic N) is 2. The molecule has 15 heavy (non-hydrogen) atoms. The van der Waals surface area contributed by atoms with Gasteiger partial charge in [-0.25, -0.2) is 0 Å². The van der Waals surface area contributed by atoms with Crippen molar-refractivity contribution >= 4 is 11.8 Å². The van der Waals surface area contributed by atoms with E-state index >= 15 is 0 Å². The van der Waals surface area contributed by atoms with Crippen LogP contribution in [0.1, 0.15) is 19.8 Å². The molecular formula is C11H18N2O2. The van der Waals surface area contributed by atoms with Gasteiger partial charge >= 0.3 is 0 Å². The summed E-state index contributed by atoms with van der Waals surface area (Å²) in [7, 11) is 0. The van der Waals surface area contributed by atoms with Gasteiger partial charge in [0.25, 0.3) is 0 Å². The summed E-state index contributed by atoms with van der Waals surface area (Å²) < 4.78 is 0. The first-order valence-electron chi connectivity index (χ1n) is 5.38. The van der Waals surface area contributed by atoms with Gasteiger partial charge in [-0.2, -0.15) is 0 Å². The molecule has 0 spiro atoms. The maximum Gasteiger partial charge on any atom is 0.246 e. The molecule has 1 aliphatic heterocycles. The van der Waals surface area contributed by atoms with Crippen molar-refractivity contribution in [2.45, 2.75) is 19.8 Å². The molecule has 0 unspecified atom stereocenters. The van der Waals surface area contributed by atoms with Crippen molar-refractivity contribution in [3.63, 3.8) is 0 Å². The fourth-order valence-electron chi connectivity index (χ4n) is 1.74. The van der Waals surface area contributed by atoms with E-state index in [0.717, 1.165) is 19.5 Å². The Balaban J connectivity index is 2.52. The molecule has 0 aliphatic carbocycles. The van der Waals surface area contributed by atoms with Gasteiger partial charge in [0.05, 0.1) is 0 Å². The van der Waals surface area contributed by atoms with E-state index in [0.29, 0.717) is 19.5 Å². The number of amides is 2. The monoisotopic (exact) mass is 210 g/mol. The maximum atomic E-state index is 11.5. The Morgan fingerprint density at radius 2 is 1.80 bits per heavy atom. The summed E-state index contributed by atoms with van der Waals surface area (Å²) in [6.45, 7) is 8.07. The zero-order valence-corrected chi connectivity index (χ0v) is 9.24. The molecule has 1 aliphatic rings. The lowest BCUT2D eigenvalue weighted by atomic mass is 10.3. The summed E-state index contributed by atoms with van der Waals surface area (Å²) >= 11 is 0. The van der Waals surface area contributed by atoms with Crippen LogP contribution in [0.15, 0.2) is 12.7 Å². The summed E-state index contributed by atoms with van der Waals surface area (Å²) in [6, 6.07) is 0. The number of carbonyl (C=O) groups is 2. The molecule has 4 nitrogen and oxygen atoms in total. The van der Waals surface area contributed by atoms with E-state index in [4.69, 9.17) is 0 Å². The Kier molecular flexibility index (Phi) is 4.34. The normalized spacial score (nSPS) is 17.1. The van der Waals surface area contributed by atoms with Crippen LogP contribution in [0.4, 0.5) is 0 Å². The van der Waals surface area contributed by atoms with Gasteiger partial charge in [0.15, 0.2) is 0 Å². The van der Waals surface area contributed by atoms with E-state index in [-0.39, 0.29) is 11.8 Å². The second kappa shape index (κ2) is 5.53. The van der Waals surface area contributed by atoms with Gasteiger partial charge in [-0.1, -0.05) is 13.5 Å². The van der Waals surface area contributed by atoms with Gasteiger partial charge in [-0.15, -0.1) is 0 Å². The van der Waals surface area contributed by atoms with Crippen molar-refractivity contribution in [2.24, 2.45) is 0 Å². The fourth-order valence-corrected chi connectivity index (χ4v) is 1.74. The Bertz CT molecular complexity index is 263. The molecule has 0 atom stereocenters. The highest BCUT2D eigenvalue weighted by Gasteiger charge is 2.19. The van der Waals surface area contributed by atoms with Crippen LogP contribution in [0, 0.1) is 0 Å². The fraction of sp³-hybridized carbons (Fsp3) is 0.636. The van der Waals surface area contributed by atoms with Crippen LogP contribution in [0.25, 0.3) is 0 Å². The molecule has 0 bridgehead atoms. The predicted octanol–water partition coefficient (Wildman–Crippen LogP) is 0.643. The van der Waals surface area contributed by atoms with Crippen molar-refractivity contribution < 1.29 is 9.59 Å². The highest BCUT2D eigenvalue weighted by molar-refractivity contribution is 5.87. The lowest BCUT2D eigenvalue weighted by Gasteiger charge is -2.20. The zero-order chi connectivity index (χ0) is 11.3. The summed E-state index contributed by atoms with van der Waals surface area (Å²) in [5.41, 5.74) is 0. The summed E-state index contributed by atoms with van der Waals surface area (Å²) in [4.78, 5) is 26.4. The summed E-state index contributed by atoms with van der Waals surface area (Å²) in [5, 5.41) is 0. The third kappa shape index (κ3) is 3.08. The Labute approximate surface area is 90.5 Å². The number of rotatable bonds is 2. The zero-order valence-electron chi connectivity index (χ0n) is 9.24. The number of hydrogen-bond donors (Lipinski definition) is 0. The minimum absolute atomic E-state index is 0.0409. The molecule has 0 aromatic heterocycles. The maximum absolute atomic E-state index is 11.5. The molecule has 1 heterocycles. The van der Waals surface area contributed by atoms with Crippen LogP contribution in [0.3, 0.4) is 0 Å². The average Bonchev–Trinajstić information content (AvgIpc) is 2.52. The predicted molar refractivity (Wildman–Crippen MR) is 58.3 cm³/mol. The second-order valence-electron chi connectivity index (χ2n) is 3.62. The Morgan fingerprint density at radius 3 is 2.40 bits per heavy atom. The van der Waals surface area contributed by atoms with Crippen LogP contribution >= 0.6 is 0 Å². The highest BCUT2D eigenvalue weighted by Crippen LogP contribution is 2.05. The van der Waals surface area contributed by atoms with E-state index < -0.39 is 0 Å². The largest absolute Gasteiger partial charge is 0.341 e. The van der Waals surface area contributed by atoms with E-state index in [1.165, 1.54) is 6.08 Å². The molecule has 1 rings (SSSR count). The first-order valence-corrected chi connectivity index (χ1v) is 5.38. The minimum atomic E-state index is -0.0409. The van der Waals surface area contributed by atoms with Gasteiger partial charge in [-0.3, -0.25) is 9.59 Å². The highest BCUT2D eigenvalue weighted by atomic mass is 16.2. The van der Waals surface area contributed by atoms with Gasteiger partial charge < -0.3 is 9.80 Å². The lowest BCUT2D eigenvalue weighted by Crippen LogP contribution is -2.36.